The average Bonchev–Trinajstić information content (AvgIpc) is 1.81. The van der Waals surface area contributed by atoms with E-state index in [-0.39, 0.29) is 5.16 Å². The van der Waals surface area contributed by atoms with E-state index in [1.807, 2.05) is 20.8 Å². The molecular formula is C8H16O4P+. The number of rotatable bonds is 2. The topological polar surface area (TPSA) is 52.6 Å². The Morgan fingerprint density at radius 3 is 1.46 bits per heavy atom. The summed E-state index contributed by atoms with van der Waals surface area (Å²) in [5.74, 6) is -0.824. The van der Waals surface area contributed by atoms with Crippen molar-refractivity contribution in [3.63, 3.8) is 0 Å². The molecule has 0 fully saturated rings. The van der Waals surface area contributed by atoms with E-state index in [0.717, 1.165) is 0 Å². The SMILES string of the molecule is CC(=O)O[PH+](OC(C)=O)C(C)(C)C. The molecular weight excluding hydrogens is 191 g/mol. The summed E-state index contributed by atoms with van der Waals surface area (Å²) < 4.78 is 9.89. The maximum Gasteiger partial charge on any atom is 0.366 e. The molecule has 0 aromatic carbocycles. The largest absolute Gasteiger partial charge is 0.366 e. The highest BCUT2D eigenvalue weighted by molar-refractivity contribution is 7.50. The zero-order chi connectivity index (χ0) is 10.6. The molecule has 0 N–H and O–H groups in total. The van der Waals surface area contributed by atoms with Gasteiger partial charge in [0.05, 0.1) is 0 Å². The van der Waals surface area contributed by atoms with Crippen LogP contribution in [0.4, 0.5) is 0 Å². The standard InChI is InChI=1S/C8H15O4P/c1-6(9)11-13(8(3,4)5)12-7(2)10/h1-5H3/p+1. The minimum Gasteiger partial charge on any atom is -0.275 e. The van der Waals surface area contributed by atoms with Gasteiger partial charge >= 0.3 is 20.3 Å². The summed E-state index contributed by atoms with van der Waals surface area (Å²) in [6.07, 6.45) is 0. The van der Waals surface area contributed by atoms with Crippen LogP contribution >= 0.6 is 8.38 Å². The molecule has 0 atom stereocenters. The summed E-state index contributed by atoms with van der Waals surface area (Å²) in [6.45, 7) is 8.22. The van der Waals surface area contributed by atoms with Gasteiger partial charge in [-0.15, -0.1) is 0 Å². The van der Waals surface area contributed by atoms with Gasteiger partial charge in [0, 0.05) is 13.8 Å². The highest BCUT2D eigenvalue weighted by atomic mass is 31.2. The molecule has 5 heteroatoms. The average molecular weight is 207 g/mol. The van der Waals surface area contributed by atoms with E-state index in [1.165, 1.54) is 13.8 Å². The maximum atomic E-state index is 10.7. The molecule has 0 spiro atoms. The fraction of sp³-hybridized carbons (Fsp3) is 0.750. The molecule has 0 radical (unpaired) electrons. The van der Waals surface area contributed by atoms with Crippen molar-refractivity contribution in [3.05, 3.63) is 0 Å². The minimum atomic E-state index is -1.86. The first-order valence-electron chi connectivity index (χ1n) is 3.97. The van der Waals surface area contributed by atoms with Crippen molar-refractivity contribution in [2.75, 3.05) is 0 Å². The molecule has 0 aliphatic heterocycles. The fourth-order valence-electron chi connectivity index (χ4n) is 0.588. The Hall–Kier alpha value is -0.630. The van der Waals surface area contributed by atoms with E-state index in [2.05, 4.69) is 0 Å². The molecule has 0 aliphatic rings. The second-order valence-corrected chi connectivity index (χ2v) is 6.21. The van der Waals surface area contributed by atoms with E-state index in [9.17, 15) is 9.59 Å². The fourth-order valence-corrected chi connectivity index (χ4v) is 1.76. The van der Waals surface area contributed by atoms with E-state index in [1.54, 1.807) is 0 Å². The lowest BCUT2D eigenvalue weighted by Gasteiger charge is -2.18. The molecule has 0 unspecified atom stereocenters. The van der Waals surface area contributed by atoms with Gasteiger partial charge in [-0.2, -0.15) is 0 Å². The van der Waals surface area contributed by atoms with Gasteiger partial charge in [0.25, 0.3) is 0 Å². The van der Waals surface area contributed by atoms with Crippen LogP contribution in [0.25, 0.3) is 0 Å². The van der Waals surface area contributed by atoms with Crippen molar-refractivity contribution in [2.24, 2.45) is 0 Å². The molecule has 0 heterocycles. The van der Waals surface area contributed by atoms with Crippen LogP contribution in [0.3, 0.4) is 0 Å². The summed E-state index contributed by atoms with van der Waals surface area (Å²) in [5, 5.41) is -0.304. The van der Waals surface area contributed by atoms with E-state index in [0.29, 0.717) is 0 Å². The monoisotopic (exact) mass is 207 g/mol. The smallest absolute Gasteiger partial charge is 0.275 e. The molecule has 4 nitrogen and oxygen atoms in total. The van der Waals surface area contributed by atoms with Gasteiger partial charge in [-0.05, 0) is 20.8 Å². The van der Waals surface area contributed by atoms with Crippen LogP contribution in [0.1, 0.15) is 34.6 Å². The number of hydrogen-bond acceptors (Lipinski definition) is 4. The van der Waals surface area contributed by atoms with Crippen LogP contribution in [0.5, 0.6) is 0 Å². The Labute approximate surface area is 79.5 Å². The third-order valence-corrected chi connectivity index (χ3v) is 3.26. The maximum absolute atomic E-state index is 10.7. The van der Waals surface area contributed by atoms with Gasteiger partial charge in [-0.3, -0.25) is 9.05 Å². The van der Waals surface area contributed by atoms with Gasteiger partial charge < -0.3 is 0 Å². The number of carbonyl (C=O) groups excluding carboxylic acids is 2. The van der Waals surface area contributed by atoms with Gasteiger partial charge in [0.1, 0.15) is 5.16 Å². The predicted octanol–water partition coefficient (Wildman–Crippen LogP) is 1.96. The molecule has 0 amide bonds. The molecule has 0 saturated heterocycles. The van der Waals surface area contributed by atoms with Gasteiger partial charge in [-0.1, -0.05) is 0 Å². The van der Waals surface area contributed by atoms with E-state index >= 15 is 0 Å². The Morgan fingerprint density at radius 2 is 1.31 bits per heavy atom. The van der Waals surface area contributed by atoms with Crippen LogP contribution < -0.4 is 0 Å². The van der Waals surface area contributed by atoms with Crippen LogP contribution in [-0.2, 0) is 18.6 Å². The first-order valence-corrected chi connectivity index (χ1v) is 5.29. The first-order chi connectivity index (χ1) is 5.73. The van der Waals surface area contributed by atoms with E-state index < -0.39 is 20.3 Å². The lowest BCUT2D eigenvalue weighted by atomic mass is 10.3. The predicted molar refractivity (Wildman–Crippen MR) is 51.6 cm³/mol. The van der Waals surface area contributed by atoms with E-state index in [4.69, 9.17) is 9.05 Å². The molecule has 0 saturated carbocycles. The Kier molecular flexibility index (Phi) is 4.34. The van der Waals surface area contributed by atoms with Crippen LogP contribution in [-0.4, -0.2) is 17.1 Å². The second kappa shape index (κ2) is 4.56. The summed E-state index contributed by atoms with van der Waals surface area (Å²) in [6, 6.07) is 0. The quantitative estimate of drug-likeness (QED) is 0.649. The molecule has 76 valence electrons. The minimum absolute atomic E-state index is 0.304. The highest BCUT2D eigenvalue weighted by Gasteiger charge is 2.39. The van der Waals surface area contributed by atoms with Crippen molar-refractivity contribution < 1.29 is 18.6 Å². The Bertz CT molecular complexity index is 191. The zero-order valence-corrected chi connectivity index (χ0v) is 9.63. The summed E-state index contributed by atoms with van der Waals surface area (Å²) in [7, 11) is -1.86. The van der Waals surface area contributed by atoms with Gasteiger partial charge in [-0.25, -0.2) is 9.59 Å². The highest BCUT2D eigenvalue weighted by Crippen LogP contribution is 2.51. The second-order valence-electron chi connectivity index (χ2n) is 3.72. The van der Waals surface area contributed by atoms with Crippen molar-refractivity contribution in [1.82, 2.24) is 0 Å². The van der Waals surface area contributed by atoms with Crippen LogP contribution in [0.15, 0.2) is 0 Å². The van der Waals surface area contributed by atoms with Gasteiger partial charge in [0.15, 0.2) is 0 Å². The van der Waals surface area contributed by atoms with Crippen molar-refractivity contribution in [3.8, 4) is 0 Å². The Balaban J connectivity index is 4.37. The third kappa shape index (κ3) is 5.58. The number of carbonyl (C=O) groups is 2. The van der Waals surface area contributed by atoms with Crippen molar-refractivity contribution >= 4 is 20.3 Å². The molecule has 0 rings (SSSR count). The van der Waals surface area contributed by atoms with Crippen molar-refractivity contribution in [2.45, 2.75) is 39.8 Å². The summed E-state index contributed by atoms with van der Waals surface area (Å²) in [4.78, 5) is 21.4. The third-order valence-electron chi connectivity index (χ3n) is 1.09. The first kappa shape index (κ1) is 12.4. The van der Waals surface area contributed by atoms with Crippen LogP contribution in [0.2, 0.25) is 0 Å². The molecule has 0 aromatic heterocycles. The summed E-state index contributed by atoms with van der Waals surface area (Å²) >= 11 is 0. The lowest BCUT2D eigenvalue weighted by molar-refractivity contribution is -0.135. The molecule has 0 bridgehead atoms. The Morgan fingerprint density at radius 1 is 1.00 bits per heavy atom. The molecule has 0 aromatic rings. The summed E-state index contributed by atoms with van der Waals surface area (Å²) in [5.41, 5.74) is 0. The number of hydrogen-bond donors (Lipinski definition) is 0. The normalized spacial score (nSPS) is 11.2. The lowest BCUT2D eigenvalue weighted by Crippen LogP contribution is -2.17. The molecule has 0 aliphatic carbocycles. The molecule has 13 heavy (non-hydrogen) atoms. The zero-order valence-electron chi connectivity index (χ0n) is 8.63. The van der Waals surface area contributed by atoms with Crippen molar-refractivity contribution in [1.29, 1.82) is 0 Å². The van der Waals surface area contributed by atoms with Gasteiger partial charge in [0.2, 0.25) is 0 Å². The van der Waals surface area contributed by atoms with Crippen LogP contribution in [0, 0.1) is 0 Å².